The van der Waals surface area contributed by atoms with Gasteiger partial charge in [-0.25, -0.2) is 14.8 Å². The number of rotatable bonds is 5. The fourth-order valence-electron chi connectivity index (χ4n) is 5.28. The molecule has 1 amide bonds. The fraction of sp³-hybridized carbons (Fsp3) is 0.593. The van der Waals surface area contributed by atoms with Crippen LogP contribution in [0.4, 0.5) is 16.3 Å². The third kappa shape index (κ3) is 5.46. The van der Waals surface area contributed by atoms with Crippen LogP contribution in [-0.2, 0) is 16.6 Å². The van der Waals surface area contributed by atoms with E-state index in [1.165, 1.54) is 5.56 Å². The minimum atomic E-state index is -0.494. The molecule has 1 aromatic heterocycles. The van der Waals surface area contributed by atoms with Gasteiger partial charge in [0.2, 0.25) is 0 Å². The second-order valence-electron chi connectivity index (χ2n) is 11.3. The monoisotopic (exact) mass is 481 g/mol. The van der Waals surface area contributed by atoms with Crippen LogP contribution in [0.15, 0.2) is 18.5 Å². The van der Waals surface area contributed by atoms with Crippen molar-refractivity contribution >= 4 is 17.6 Å². The Hall–Kier alpha value is -3.03. The van der Waals surface area contributed by atoms with Gasteiger partial charge < -0.3 is 25.8 Å². The summed E-state index contributed by atoms with van der Waals surface area (Å²) in [4.78, 5) is 21.0. The first-order valence-electron chi connectivity index (χ1n) is 12.7. The number of hydrogen-bond acceptors (Lipinski definition) is 7. The maximum absolute atomic E-state index is 12.1. The lowest BCUT2D eigenvalue weighted by Gasteiger charge is -2.36. The Kier molecular flexibility index (Phi) is 6.84. The number of aromatic nitrogens is 2. The van der Waals surface area contributed by atoms with Crippen molar-refractivity contribution in [3.63, 3.8) is 0 Å². The van der Waals surface area contributed by atoms with Gasteiger partial charge in [0.25, 0.3) is 0 Å². The number of hydrogen-bond donors (Lipinski definition) is 3. The van der Waals surface area contributed by atoms with Gasteiger partial charge >= 0.3 is 6.09 Å². The fourth-order valence-corrected chi connectivity index (χ4v) is 5.28. The maximum Gasteiger partial charge on any atom is 0.407 e. The van der Waals surface area contributed by atoms with E-state index < -0.39 is 5.60 Å². The molecule has 1 fully saturated rings. The summed E-state index contributed by atoms with van der Waals surface area (Å²) >= 11 is 0. The van der Waals surface area contributed by atoms with Crippen molar-refractivity contribution in [3.8, 4) is 17.0 Å². The smallest absolute Gasteiger partial charge is 0.407 e. The number of carbonyl (C=O) groups excluding carboxylic acids is 1. The molecule has 190 valence electrons. The number of nitrogens with zero attached hydrogens (tertiary/aromatic N) is 2. The first-order chi connectivity index (χ1) is 16.5. The van der Waals surface area contributed by atoms with E-state index in [0.717, 1.165) is 66.9 Å². The van der Waals surface area contributed by atoms with Crippen LogP contribution < -0.4 is 21.1 Å². The summed E-state index contributed by atoms with van der Waals surface area (Å²) in [5.41, 5.74) is 10.8. The van der Waals surface area contributed by atoms with Crippen LogP contribution >= 0.6 is 0 Å². The Morgan fingerprint density at radius 3 is 2.54 bits per heavy atom. The molecule has 0 radical (unpaired) electrons. The molecule has 0 atom stereocenters. The summed E-state index contributed by atoms with van der Waals surface area (Å²) in [6.45, 7) is 12.9. The minimum Gasteiger partial charge on any atom is -0.488 e. The summed E-state index contributed by atoms with van der Waals surface area (Å²) in [5.74, 6) is 1.42. The number of alkyl carbamates (subject to hydrolysis) is 1. The highest BCUT2D eigenvalue weighted by atomic mass is 16.6. The SMILES string of the molecule is CCNc1c(O[C@H]2CC[C@H](NC(=O)OC(C)(C)C)CC2)ccc2c1CC(C)(C)c1c(N)ncnc1-2. The average Bonchev–Trinajstić information content (AvgIpc) is 2.75. The molecule has 0 unspecified atom stereocenters. The van der Waals surface area contributed by atoms with Crippen LogP contribution in [0.2, 0.25) is 0 Å². The largest absolute Gasteiger partial charge is 0.488 e. The lowest BCUT2D eigenvalue weighted by Crippen LogP contribution is -2.42. The molecule has 8 heteroatoms. The third-order valence-electron chi connectivity index (χ3n) is 6.74. The molecular formula is C27H39N5O3. The Balaban J connectivity index is 1.51. The number of ether oxygens (including phenoxy) is 2. The quantitative estimate of drug-likeness (QED) is 0.538. The van der Waals surface area contributed by atoms with Crippen molar-refractivity contribution in [3.05, 3.63) is 29.6 Å². The van der Waals surface area contributed by atoms with Gasteiger partial charge in [-0.1, -0.05) is 13.8 Å². The summed E-state index contributed by atoms with van der Waals surface area (Å²) in [6.07, 6.45) is 5.59. The lowest BCUT2D eigenvalue weighted by atomic mass is 9.71. The van der Waals surface area contributed by atoms with Gasteiger partial charge in [-0.05, 0) is 82.9 Å². The molecule has 0 bridgehead atoms. The van der Waals surface area contributed by atoms with Gasteiger partial charge in [0.15, 0.2) is 0 Å². The van der Waals surface area contributed by atoms with Gasteiger partial charge in [-0.15, -0.1) is 0 Å². The Labute approximate surface area is 208 Å². The molecular weight excluding hydrogens is 442 g/mol. The van der Waals surface area contributed by atoms with Crippen LogP contribution in [0.3, 0.4) is 0 Å². The Morgan fingerprint density at radius 2 is 1.89 bits per heavy atom. The molecule has 0 saturated heterocycles. The Morgan fingerprint density at radius 1 is 1.17 bits per heavy atom. The predicted octanol–water partition coefficient (Wildman–Crippen LogP) is 5.21. The number of nitrogen functional groups attached to an aromatic ring is 1. The zero-order valence-corrected chi connectivity index (χ0v) is 21.8. The van der Waals surface area contributed by atoms with Crippen molar-refractivity contribution in [2.24, 2.45) is 0 Å². The topological polar surface area (TPSA) is 111 Å². The van der Waals surface area contributed by atoms with E-state index in [2.05, 4.69) is 47.4 Å². The van der Waals surface area contributed by atoms with Gasteiger partial charge in [0, 0.05) is 23.7 Å². The molecule has 0 spiro atoms. The summed E-state index contributed by atoms with van der Waals surface area (Å²) in [6, 6.07) is 4.26. The molecule has 2 aliphatic carbocycles. The van der Waals surface area contributed by atoms with Crippen molar-refractivity contribution < 1.29 is 14.3 Å². The highest BCUT2D eigenvalue weighted by molar-refractivity contribution is 5.82. The van der Waals surface area contributed by atoms with Gasteiger partial charge in [0.05, 0.1) is 17.5 Å². The number of anilines is 2. The van der Waals surface area contributed by atoms with Crippen molar-refractivity contribution in [1.82, 2.24) is 15.3 Å². The second kappa shape index (κ2) is 9.55. The molecule has 1 heterocycles. The number of amides is 1. The van der Waals surface area contributed by atoms with E-state index in [0.29, 0.717) is 5.82 Å². The molecule has 2 aliphatic rings. The molecule has 4 rings (SSSR count). The van der Waals surface area contributed by atoms with E-state index in [1.54, 1.807) is 6.33 Å². The molecule has 0 aliphatic heterocycles. The number of fused-ring (bicyclic) bond motifs is 3. The zero-order valence-electron chi connectivity index (χ0n) is 21.8. The highest BCUT2D eigenvalue weighted by Crippen LogP contribution is 2.48. The van der Waals surface area contributed by atoms with E-state index in [9.17, 15) is 4.79 Å². The molecule has 8 nitrogen and oxygen atoms in total. The van der Waals surface area contributed by atoms with Gasteiger partial charge in [-0.3, -0.25) is 0 Å². The second-order valence-corrected chi connectivity index (χ2v) is 11.3. The normalized spacial score (nSPS) is 20.9. The summed E-state index contributed by atoms with van der Waals surface area (Å²) in [7, 11) is 0. The summed E-state index contributed by atoms with van der Waals surface area (Å²) in [5, 5.41) is 6.56. The summed E-state index contributed by atoms with van der Waals surface area (Å²) < 4.78 is 12.0. The van der Waals surface area contributed by atoms with Crippen LogP contribution in [-0.4, -0.2) is 40.4 Å². The van der Waals surface area contributed by atoms with E-state index in [1.807, 2.05) is 26.8 Å². The first-order valence-corrected chi connectivity index (χ1v) is 12.7. The van der Waals surface area contributed by atoms with Gasteiger partial charge in [0.1, 0.15) is 23.5 Å². The van der Waals surface area contributed by atoms with Crippen molar-refractivity contribution in [2.75, 3.05) is 17.6 Å². The number of carbonyl (C=O) groups is 1. The predicted molar refractivity (Wildman–Crippen MR) is 139 cm³/mol. The zero-order chi connectivity index (χ0) is 25.4. The van der Waals surface area contributed by atoms with E-state index in [-0.39, 0.29) is 23.7 Å². The molecule has 1 aromatic carbocycles. The van der Waals surface area contributed by atoms with Crippen molar-refractivity contribution in [2.45, 2.75) is 96.8 Å². The number of nitrogens with two attached hydrogens (primary N) is 1. The molecule has 35 heavy (non-hydrogen) atoms. The third-order valence-corrected chi connectivity index (χ3v) is 6.74. The maximum atomic E-state index is 12.1. The van der Waals surface area contributed by atoms with Crippen LogP contribution in [0.5, 0.6) is 5.75 Å². The first kappa shape index (κ1) is 25.1. The van der Waals surface area contributed by atoms with Crippen LogP contribution in [0, 0.1) is 0 Å². The number of nitrogens with one attached hydrogen (secondary N) is 2. The Bertz CT molecular complexity index is 1080. The highest BCUT2D eigenvalue weighted by Gasteiger charge is 2.37. The lowest BCUT2D eigenvalue weighted by molar-refractivity contribution is 0.0471. The molecule has 1 saturated carbocycles. The van der Waals surface area contributed by atoms with Crippen molar-refractivity contribution in [1.29, 1.82) is 0 Å². The minimum absolute atomic E-state index is 0.101. The van der Waals surface area contributed by atoms with Crippen LogP contribution in [0.1, 0.15) is 78.4 Å². The van der Waals surface area contributed by atoms with Crippen LogP contribution in [0.25, 0.3) is 11.3 Å². The molecule has 2 aromatic rings. The standard InChI is InChI=1S/C27H39N5O3/c1-7-29-22-19-14-27(5,6)21-23(30-15-31-24(21)28)18(19)12-13-20(22)34-17-10-8-16(9-11-17)32-25(33)35-26(2,3)4/h12-13,15-17,29H,7-11,14H2,1-6H3,(H,32,33)(H2,28,30,31)/t16-,17-. The van der Waals surface area contributed by atoms with Gasteiger partial charge in [-0.2, -0.15) is 0 Å². The van der Waals surface area contributed by atoms with E-state index in [4.69, 9.17) is 15.2 Å². The molecule has 4 N–H and O–H groups in total. The number of benzene rings is 1. The average molecular weight is 482 g/mol. The van der Waals surface area contributed by atoms with E-state index >= 15 is 0 Å².